The number of alkyl halides is 3. The molecule has 0 spiro atoms. The molecule has 1 N–H and O–H groups in total. The van der Waals surface area contributed by atoms with Crippen LogP contribution >= 0.6 is 0 Å². The molecule has 0 radical (unpaired) electrons. The molecule has 1 saturated heterocycles. The van der Waals surface area contributed by atoms with Crippen LogP contribution in [0, 0.1) is 13.8 Å². The lowest BCUT2D eigenvalue weighted by molar-refractivity contribution is -0.129. The van der Waals surface area contributed by atoms with E-state index in [0.717, 1.165) is 6.08 Å². The van der Waals surface area contributed by atoms with Gasteiger partial charge >= 0.3 is 6.18 Å². The molecule has 1 amide bonds. The lowest BCUT2D eigenvalue weighted by Crippen LogP contribution is -2.40. The number of likely N-dealkylation sites (tertiary alicyclic amines) is 1. The number of rotatable bonds is 3. The summed E-state index contributed by atoms with van der Waals surface area (Å²) in [5.41, 5.74) is 0.134. The SMILES string of the molecule is C=C1CCN(Cc2c(C)cc(C)[nH]c2=O)C(=O)/C1=C(/C=C\C)C(F)(F)F. The molecule has 0 atom stereocenters. The van der Waals surface area contributed by atoms with Gasteiger partial charge in [-0.25, -0.2) is 0 Å². The van der Waals surface area contributed by atoms with Crippen LogP contribution in [0.3, 0.4) is 0 Å². The number of pyridine rings is 1. The maximum atomic E-state index is 13.4. The third kappa shape index (κ3) is 3.98. The zero-order valence-corrected chi connectivity index (χ0v) is 15.0. The summed E-state index contributed by atoms with van der Waals surface area (Å²) in [6, 6.07) is 1.77. The second kappa shape index (κ2) is 7.35. The smallest absolute Gasteiger partial charge is 0.334 e. The van der Waals surface area contributed by atoms with E-state index in [1.807, 2.05) is 0 Å². The minimum absolute atomic E-state index is 0.0436. The number of aromatic nitrogens is 1. The Morgan fingerprint density at radius 2 is 2.00 bits per heavy atom. The zero-order chi connectivity index (χ0) is 19.6. The van der Waals surface area contributed by atoms with Crippen molar-refractivity contribution >= 4 is 5.91 Å². The Morgan fingerprint density at radius 3 is 2.54 bits per heavy atom. The van der Waals surface area contributed by atoms with Gasteiger partial charge in [0.25, 0.3) is 11.5 Å². The van der Waals surface area contributed by atoms with Crippen molar-refractivity contribution in [1.29, 1.82) is 0 Å². The van der Waals surface area contributed by atoms with Crippen LogP contribution in [0.2, 0.25) is 0 Å². The molecule has 1 aromatic heterocycles. The zero-order valence-electron chi connectivity index (χ0n) is 15.0. The number of allylic oxidation sites excluding steroid dienone is 3. The first-order valence-electron chi connectivity index (χ1n) is 8.17. The second-order valence-corrected chi connectivity index (χ2v) is 6.31. The lowest BCUT2D eigenvalue weighted by Gasteiger charge is -2.31. The van der Waals surface area contributed by atoms with Crippen molar-refractivity contribution in [2.45, 2.75) is 39.9 Å². The topological polar surface area (TPSA) is 53.2 Å². The Balaban J connectivity index is 2.47. The van der Waals surface area contributed by atoms with Crippen LogP contribution in [-0.4, -0.2) is 28.5 Å². The van der Waals surface area contributed by atoms with Gasteiger partial charge in [0, 0.05) is 17.8 Å². The van der Waals surface area contributed by atoms with E-state index in [1.54, 1.807) is 19.9 Å². The van der Waals surface area contributed by atoms with Crippen molar-refractivity contribution in [3.63, 3.8) is 0 Å². The Kier molecular flexibility index (Phi) is 5.59. The highest BCUT2D eigenvalue weighted by Crippen LogP contribution is 2.35. The summed E-state index contributed by atoms with van der Waals surface area (Å²) in [5, 5.41) is 0. The number of amides is 1. The van der Waals surface area contributed by atoms with Crippen LogP contribution in [-0.2, 0) is 11.3 Å². The number of nitrogens with one attached hydrogen (secondary N) is 1. The first kappa shape index (κ1) is 19.8. The average molecular weight is 366 g/mol. The second-order valence-electron chi connectivity index (χ2n) is 6.31. The summed E-state index contributed by atoms with van der Waals surface area (Å²) in [6.07, 6.45) is -2.32. The summed E-state index contributed by atoms with van der Waals surface area (Å²) < 4.78 is 40.2. The van der Waals surface area contributed by atoms with Gasteiger partial charge in [0.2, 0.25) is 0 Å². The van der Waals surface area contributed by atoms with Crippen LogP contribution in [0.25, 0.3) is 0 Å². The molecule has 26 heavy (non-hydrogen) atoms. The van der Waals surface area contributed by atoms with Crippen LogP contribution in [0.1, 0.15) is 30.2 Å². The van der Waals surface area contributed by atoms with Gasteiger partial charge in [-0.15, -0.1) is 0 Å². The monoisotopic (exact) mass is 366 g/mol. The molecule has 0 aliphatic carbocycles. The number of carbonyl (C=O) groups excluding carboxylic acids is 1. The molecule has 2 rings (SSSR count). The van der Waals surface area contributed by atoms with E-state index in [2.05, 4.69) is 11.6 Å². The van der Waals surface area contributed by atoms with Gasteiger partial charge in [0.15, 0.2) is 0 Å². The number of piperidine rings is 1. The molecule has 0 bridgehead atoms. The highest BCUT2D eigenvalue weighted by molar-refractivity contribution is 6.00. The van der Waals surface area contributed by atoms with E-state index in [9.17, 15) is 22.8 Å². The standard InChI is InChI=1S/C19H21F3N2O2/c1-5-6-15(19(20,21)22)16-11(2)7-8-24(18(16)26)10-14-12(3)9-13(4)23-17(14)25/h5-6,9H,2,7-8,10H2,1,3-4H3,(H,23,25)/b6-5-,16-15-. The summed E-state index contributed by atoms with van der Waals surface area (Å²) in [7, 11) is 0. The summed E-state index contributed by atoms with van der Waals surface area (Å²) >= 11 is 0. The van der Waals surface area contributed by atoms with Crippen molar-refractivity contribution in [1.82, 2.24) is 9.88 Å². The van der Waals surface area contributed by atoms with Crippen molar-refractivity contribution in [3.05, 3.63) is 68.7 Å². The van der Waals surface area contributed by atoms with E-state index in [1.165, 1.54) is 17.9 Å². The third-order valence-electron chi connectivity index (χ3n) is 4.29. The van der Waals surface area contributed by atoms with Crippen molar-refractivity contribution in [2.24, 2.45) is 0 Å². The quantitative estimate of drug-likeness (QED) is 0.829. The first-order chi connectivity index (χ1) is 12.1. The molecular formula is C19H21F3N2O2. The fraction of sp³-hybridized carbons (Fsp3) is 0.368. The van der Waals surface area contributed by atoms with E-state index in [-0.39, 0.29) is 30.6 Å². The number of halogens is 3. The number of hydrogen-bond acceptors (Lipinski definition) is 2. The molecule has 7 heteroatoms. The third-order valence-corrected chi connectivity index (χ3v) is 4.29. The van der Waals surface area contributed by atoms with E-state index in [4.69, 9.17) is 0 Å². The Bertz CT molecular complexity index is 861. The number of aromatic amines is 1. The molecule has 1 fully saturated rings. The minimum atomic E-state index is -4.67. The Hall–Kier alpha value is -2.57. The number of nitrogens with zero attached hydrogens (tertiary/aromatic N) is 1. The van der Waals surface area contributed by atoms with Crippen molar-refractivity contribution in [3.8, 4) is 0 Å². The normalized spacial score (nSPS) is 18.0. The van der Waals surface area contributed by atoms with E-state index >= 15 is 0 Å². The van der Waals surface area contributed by atoms with Gasteiger partial charge in [-0.1, -0.05) is 18.7 Å². The highest BCUT2D eigenvalue weighted by atomic mass is 19.4. The fourth-order valence-electron chi connectivity index (χ4n) is 3.02. The first-order valence-corrected chi connectivity index (χ1v) is 8.17. The average Bonchev–Trinajstić information content (AvgIpc) is 2.50. The predicted octanol–water partition coefficient (Wildman–Crippen LogP) is 3.72. The van der Waals surface area contributed by atoms with Crippen LogP contribution in [0.4, 0.5) is 13.2 Å². The number of carbonyl (C=O) groups is 1. The number of aryl methyl sites for hydroxylation is 2. The molecule has 0 saturated carbocycles. The Morgan fingerprint density at radius 1 is 1.35 bits per heavy atom. The molecular weight excluding hydrogens is 345 g/mol. The molecule has 0 aromatic carbocycles. The minimum Gasteiger partial charge on any atom is -0.334 e. The molecule has 1 aromatic rings. The summed E-state index contributed by atoms with van der Waals surface area (Å²) in [5.74, 6) is -0.758. The van der Waals surface area contributed by atoms with Crippen molar-refractivity contribution in [2.75, 3.05) is 6.54 Å². The molecule has 140 valence electrons. The van der Waals surface area contributed by atoms with Gasteiger partial charge in [-0.2, -0.15) is 13.2 Å². The van der Waals surface area contributed by atoms with Crippen LogP contribution in [0.15, 0.2) is 46.3 Å². The van der Waals surface area contributed by atoms with E-state index < -0.39 is 23.2 Å². The van der Waals surface area contributed by atoms with Gasteiger partial charge in [0.05, 0.1) is 17.7 Å². The molecule has 4 nitrogen and oxygen atoms in total. The maximum Gasteiger partial charge on any atom is 0.417 e. The summed E-state index contributed by atoms with van der Waals surface area (Å²) in [6.45, 7) is 8.75. The van der Waals surface area contributed by atoms with E-state index in [0.29, 0.717) is 16.8 Å². The molecule has 1 aliphatic rings. The summed E-state index contributed by atoms with van der Waals surface area (Å²) in [4.78, 5) is 28.8. The van der Waals surface area contributed by atoms with Gasteiger partial charge in [-0.3, -0.25) is 9.59 Å². The molecule has 1 aliphatic heterocycles. The van der Waals surface area contributed by atoms with Crippen LogP contribution in [0.5, 0.6) is 0 Å². The Labute approximate surface area is 149 Å². The maximum absolute atomic E-state index is 13.4. The van der Waals surface area contributed by atoms with Gasteiger partial charge in [0.1, 0.15) is 0 Å². The van der Waals surface area contributed by atoms with Crippen molar-refractivity contribution < 1.29 is 18.0 Å². The largest absolute Gasteiger partial charge is 0.417 e. The van der Waals surface area contributed by atoms with Gasteiger partial charge < -0.3 is 9.88 Å². The number of H-pyrrole nitrogens is 1. The molecule has 2 heterocycles. The highest BCUT2D eigenvalue weighted by Gasteiger charge is 2.39. The number of hydrogen-bond donors (Lipinski definition) is 1. The fourth-order valence-corrected chi connectivity index (χ4v) is 3.02. The predicted molar refractivity (Wildman–Crippen MR) is 93.6 cm³/mol. The lowest BCUT2D eigenvalue weighted by atomic mass is 9.92. The van der Waals surface area contributed by atoms with Crippen LogP contribution < -0.4 is 5.56 Å². The molecule has 0 unspecified atom stereocenters. The van der Waals surface area contributed by atoms with Gasteiger partial charge in [-0.05, 0) is 44.4 Å².